The van der Waals surface area contributed by atoms with E-state index in [-0.39, 0.29) is 6.54 Å². The van der Waals surface area contributed by atoms with E-state index in [0.29, 0.717) is 10.6 Å². The first-order chi connectivity index (χ1) is 8.45. The van der Waals surface area contributed by atoms with Crippen LogP contribution in [0.15, 0.2) is 18.2 Å². The molecule has 0 fully saturated rings. The van der Waals surface area contributed by atoms with E-state index in [1.165, 1.54) is 7.11 Å². The molecule has 1 atom stereocenters. The Morgan fingerprint density at radius 2 is 2.17 bits per heavy atom. The summed E-state index contributed by atoms with van der Waals surface area (Å²) in [6.07, 6.45) is -1.07. The molecule has 98 valence electrons. The van der Waals surface area contributed by atoms with E-state index in [2.05, 4.69) is 5.32 Å². The zero-order valence-electron chi connectivity index (χ0n) is 10.1. The Morgan fingerprint density at radius 1 is 1.50 bits per heavy atom. The number of nitrogens with one attached hydrogen (secondary N) is 1. The topological polar surface area (TPSA) is 75.6 Å². The van der Waals surface area contributed by atoms with Crippen LogP contribution in [-0.4, -0.2) is 36.7 Å². The highest BCUT2D eigenvalue weighted by Crippen LogP contribution is 2.17. The van der Waals surface area contributed by atoms with Gasteiger partial charge in [0, 0.05) is 7.11 Å². The van der Waals surface area contributed by atoms with Crippen LogP contribution in [-0.2, 0) is 9.53 Å². The number of halogens is 1. The molecule has 0 aromatic heterocycles. The van der Waals surface area contributed by atoms with E-state index in [9.17, 15) is 9.59 Å². The predicted molar refractivity (Wildman–Crippen MR) is 67.0 cm³/mol. The first-order valence-electron chi connectivity index (χ1n) is 5.25. The molecule has 0 aliphatic rings. The van der Waals surface area contributed by atoms with Crippen molar-refractivity contribution in [2.75, 3.05) is 13.7 Å². The quantitative estimate of drug-likeness (QED) is 0.850. The van der Waals surface area contributed by atoms with Gasteiger partial charge in [0.15, 0.2) is 6.10 Å². The van der Waals surface area contributed by atoms with Crippen LogP contribution in [0.3, 0.4) is 0 Å². The summed E-state index contributed by atoms with van der Waals surface area (Å²) in [5.41, 5.74) is 1.25. The Morgan fingerprint density at radius 3 is 2.67 bits per heavy atom. The monoisotopic (exact) mass is 271 g/mol. The highest BCUT2D eigenvalue weighted by atomic mass is 35.5. The van der Waals surface area contributed by atoms with Crippen LogP contribution >= 0.6 is 11.6 Å². The highest BCUT2D eigenvalue weighted by Gasteiger charge is 2.18. The third-order valence-corrected chi connectivity index (χ3v) is 2.69. The lowest BCUT2D eigenvalue weighted by molar-refractivity contribution is -0.148. The zero-order valence-corrected chi connectivity index (χ0v) is 10.8. The lowest BCUT2D eigenvalue weighted by atomic mass is 10.1. The SMILES string of the molecule is COC(CNC(=O)c1ccc(C)cc1Cl)C(=O)O. The number of benzene rings is 1. The van der Waals surface area contributed by atoms with Crippen LogP contribution in [0, 0.1) is 6.92 Å². The van der Waals surface area contributed by atoms with Gasteiger partial charge in [-0.25, -0.2) is 4.79 Å². The zero-order chi connectivity index (χ0) is 13.7. The Bertz CT molecular complexity index is 461. The number of carbonyl (C=O) groups is 2. The molecule has 1 rings (SSSR count). The minimum Gasteiger partial charge on any atom is -0.479 e. The van der Waals surface area contributed by atoms with Crippen LogP contribution in [0.1, 0.15) is 15.9 Å². The number of aryl methyl sites for hydroxylation is 1. The summed E-state index contributed by atoms with van der Waals surface area (Å²) < 4.78 is 4.70. The highest BCUT2D eigenvalue weighted by molar-refractivity contribution is 6.33. The van der Waals surface area contributed by atoms with Crippen LogP contribution in [0.25, 0.3) is 0 Å². The third kappa shape index (κ3) is 3.72. The molecule has 0 saturated heterocycles. The largest absolute Gasteiger partial charge is 0.479 e. The van der Waals surface area contributed by atoms with Gasteiger partial charge in [-0.15, -0.1) is 0 Å². The van der Waals surface area contributed by atoms with Crippen LogP contribution in [0.5, 0.6) is 0 Å². The maximum absolute atomic E-state index is 11.8. The first-order valence-corrected chi connectivity index (χ1v) is 5.63. The number of carboxylic acid groups (broad SMARTS) is 1. The minimum absolute atomic E-state index is 0.116. The van der Waals surface area contributed by atoms with Gasteiger partial charge >= 0.3 is 5.97 Å². The molecule has 0 spiro atoms. The second-order valence-corrected chi connectivity index (χ2v) is 4.16. The van der Waals surface area contributed by atoms with Gasteiger partial charge in [0.1, 0.15) is 0 Å². The third-order valence-electron chi connectivity index (χ3n) is 2.38. The van der Waals surface area contributed by atoms with E-state index in [1.54, 1.807) is 18.2 Å². The fourth-order valence-corrected chi connectivity index (χ4v) is 1.68. The number of hydrogen-bond acceptors (Lipinski definition) is 3. The molecule has 0 heterocycles. The average molecular weight is 272 g/mol. The number of methoxy groups -OCH3 is 1. The second kappa shape index (κ2) is 6.37. The number of rotatable bonds is 5. The Labute approximate surface area is 110 Å². The van der Waals surface area contributed by atoms with E-state index < -0.39 is 18.0 Å². The number of hydrogen-bond donors (Lipinski definition) is 2. The fraction of sp³-hybridized carbons (Fsp3) is 0.333. The second-order valence-electron chi connectivity index (χ2n) is 3.76. The molecular weight excluding hydrogens is 258 g/mol. The summed E-state index contributed by atoms with van der Waals surface area (Å²) in [7, 11) is 1.27. The molecule has 0 bridgehead atoms. The van der Waals surface area contributed by atoms with Crippen LogP contribution < -0.4 is 5.32 Å². The molecule has 0 aliphatic heterocycles. The number of ether oxygens (including phenoxy) is 1. The number of carboxylic acids is 1. The maximum atomic E-state index is 11.8. The van der Waals surface area contributed by atoms with Crippen molar-refractivity contribution in [1.29, 1.82) is 0 Å². The Hall–Kier alpha value is -1.59. The molecule has 0 aliphatic carbocycles. The van der Waals surface area contributed by atoms with Crippen molar-refractivity contribution in [3.8, 4) is 0 Å². The van der Waals surface area contributed by atoms with Gasteiger partial charge in [-0.05, 0) is 24.6 Å². The number of aliphatic carboxylic acids is 1. The first kappa shape index (κ1) is 14.5. The van der Waals surface area contributed by atoms with E-state index >= 15 is 0 Å². The van der Waals surface area contributed by atoms with E-state index in [4.69, 9.17) is 21.4 Å². The van der Waals surface area contributed by atoms with Gasteiger partial charge in [0.05, 0.1) is 17.1 Å². The van der Waals surface area contributed by atoms with Gasteiger partial charge in [-0.1, -0.05) is 17.7 Å². The summed E-state index contributed by atoms with van der Waals surface area (Å²) in [5.74, 6) is -1.56. The molecule has 0 radical (unpaired) electrons. The molecule has 2 N–H and O–H groups in total. The van der Waals surface area contributed by atoms with Crippen molar-refractivity contribution >= 4 is 23.5 Å². The normalized spacial score (nSPS) is 11.9. The molecule has 6 heteroatoms. The smallest absolute Gasteiger partial charge is 0.334 e. The molecule has 1 aromatic rings. The molecule has 1 aromatic carbocycles. The maximum Gasteiger partial charge on any atom is 0.334 e. The fourth-order valence-electron chi connectivity index (χ4n) is 1.36. The lowest BCUT2D eigenvalue weighted by Gasteiger charge is -2.12. The standard InChI is InChI=1S/C12H14ClNO4/c1-7-3-4-8(9(13)5-7)11(15)14-6-10(18-2)12(16)17/h3-5,10H,6H2,1-2H3,(H,14,15)(H,16,17). The molecule has 18 heavy (non-hydrogen) atoms. The summed E-state index contributed by atoms with van der Waals surface area (Å²) in [6, 6.07) is 5.02. The summed E-state index contributed by atoms with van der Waals surface area (Å²) in [5, 5.41) is 11.5. The Balaban J connectivity index is 2.68. The average Bonchev–Trinajstić information content (AvgIpc) is 2.28. The molecular formula is C12H14ClNO4. The van der Waals surface area contributed by atoms with E-state index in [1.807, 2.05) is 6.92 Å². The molecule has 1 amide bonds. The van der Waals surface area contributed by atoms with Gasteiger partial charge < -0.3 is 15.2 Å². The van der Waals surface area contributed by atoms with E-state index in [0.717, 1.165) is 5.56 Å². The van der Waals surface area contributed by atoms with Crippen molar-refractivity contribution in [1.82, 2.24) is 5.32 Å². The van der Waals surface area contributed by atoms with Crippen molar-refractivity contribution < 1.29 is 19.4 Å². The van der Waals surface area contributed by atoms with Gasteiger partial charge in [-0.2, -0.15) is 0 Å². The molecule has 1 unspecified atom stereocenters. The summed E-state index contributed by atoms with van der Waals surface area (Å²) >= 11 is 5.93. The van der Waals surface area contributed by atoms with Gasteiger partial charge in [0.25, 0.3) is 5.91 Å². The molecule has 5 nitrogen and oxygen atoms in total. The Kier molecular flexibility index (Phi) is 5.12. The van der Waals surface area contributed by atoms with Crippen molar-refractivity contribution in [2.45, 2.75) is 13.0 Å². The van der Waals surface area contributed by atoms with Crippen molar-refractivity contribution in [3.63, 3.8) is 0 Å². The van der Waals surface area contributed by atoms with Crippen molar-refractivity contribution in [2.24, 2.45) is 0 Å². The summed E-state index contributed by atoms with van der Waals surface area (Å²) in [6.45, 7) is 1.74. The van der Waals surface area contributed by atoms with Gasteiger partial charge in [0.2, 0.25) is 0 Å². The van der Waals surface area contributed by atoms with Crippen molar-refractivity contribution in [3.05, 3.63) is 34.3 Å². The lowest BCUT2D eigenvalue weighted by Crippen LogP contribution is -2.37. The predicted octanol–water partition coefficient (Wildman–Crippen LogP) is 1.48. The van der Waals surface area contributed by atoms with Crippen LogP contribution in [0.2, 0.25) is 5.02 Å². The van der Waals surface area contributed by atoms with Gasteiger partial charge in [-0.3, -0.25) is 4.79 Å². The molecule has 0 saturated carbocycles. The number of amides is 1. The number of carbonyl (C=O) groups excluding carboxylic acids is 1. The van der Waals surface area contributed by atoms with Crippen LogP contribution in [0.4, 0.5) is 0 Å². The minimum atomic E-state index is -1.13. The summed E-state index contributed by atoms with van der Waals surface area (Å²) in [4.78, 5) is 22.5.